The number of anilines is 1. The van der Waals surface area contributed by atoms with E-state index in [0.29, 0.717) is 15.7 Å². The molecule has 0 aromatic heterocycles. The van der Waals surface area contributed by atoms with E-state index in [4.69, 9.17) is 23.2 Å². The number of nitrogens with zero attached hydrogens (tertiary/aromatic N) is 1. The van der Waals surface area contributed by atoms with Gasteiger partial charge in [-0.05, 0) is 47.6 Å². The highest BCUT2D eigenvalue weighted by Crippen LogP contribution is 2.58. The van der Waals surface area contributed by atoms with Gasteiger partial charge < -0.3 is 0 Å². The van der Waals surface area contributed by atoms with Crippen LogP contribution in [0, 0.1) is 23.7 Å². The van der Waals surface area contributed by atoms with Crippen LogP contribution in [0.1, 0.15) is 12.0 Å². The molecule has 3 aliphatic rings. The maximum atomic E-state index is 13.2. The number of allylic oxidation sites excluding steroid dienone is 2. The molecule has 2 aliphatic carbocycles. The Balaban J connectivity index is 1.53. The highest BCUT2D eigenvalue weighted by molar-refractivity contribution is 6.35. The van der Waals surface area contributed by atoms with Gasteiger partial charge in [-0.3, -0.25) is 9.59 Å². The molecule has 3 nitrogen and oxygen atoms in total. The summed E-state index contributed by atoms with van der Waals surface area (Å²) in [6.45, 7) is 0. The fourth-order valence-electron chi connectivity index (χ4n) is 4.88. The Morgan fingerprint density at radius 1 is 0.885 bits per heavy atom. The Morgan fingerprint density at radius 2 is 1.54 bits per heavy atom. The van der Waals surface area contributed by atoms with Crippen molar-refractivity contribution in [3.05, 3.63) is 70.2 Å². The van der Waals surface area contributed by atoms with Crippen LogP contribution in [-0.4, -0.2) is 11.8 Å². The molecule has 0 unspecified atom stereocenters. The summed E-state index contributed by atoms with van der Waals surface area (Å²) < 4.78 is 0. The van der Waals surface area contributed by atoms with Gasteiger partial charge in [0, 0.05) is 10.0 Å². The van der Waals surface area contributed by atoms with Crippen molar-refractivity contribution in [3.8, 4) is 0 Å². The number of carbonyl (C=O) groups excluding carboxylic acids is 2. The second-order valence-corrected chi connectivity index (χ2v) is 8.06. The molecule has 1 aliphatic heterocycles. The number of imide groups is 1. The summed E-state index contributed by atoms with van der Waals surface area (Å²) >= 11 is 12.1. The summed E-state index contributed by atoms with van der Waals surface area (Å²) in [7, 11) is 0. The fraction of sp³-hybridized carbons (Fsp3) is 0.238. The predicted octanol–water partition coefficient (Wildman–Crippen LogP) is 4.83. The van der Waals surface area contributed by atoms with E-state index in [2.05, 4.69) is 18.2 Å². The molecule has 0 N–H and O–H groups in total. The van der Waals surface area contributed by atoms with Gasteiger partial charge in [0.05, 0.1) is 17.5 Å². The first-order valence-corrected chi connectivity index (χ1v) is 9.41. The van der Waals surface area contributed by atoms with E-state index in [9.17, 15) is 9.59 Å². The van der Waals surface area contributed by atoms with Crippen LogP contribution in [0.25, 0.3) is 5.57 Å². The van der Waals surface area contributed by atoms with Crippen molar-refractivity contribution in [2.75, 3.05) is 4.90 Å². The van der Waals surface area contributed by atoms with Crippen molar-refractivity contribution in [1.29, 1.82) is 0 Å². The Hall–Kier alpha value is -2.10. The molecule has 2 fully saturated rings. The van der Waals surface area contributed by atoms with E-state index in [0.717, 1.165) is 12.0 Å². The molecule has 2 aromatic carbocycles. The summed E-state index contributed by atoms with van der Waals surface area (Å²) in [4.78, 5) is 27.5. The van der Waals surface area contributed by atoms with E-state index >= 15 is 0 Å². The number of amides is 2. The molecule has 26 heavy (non-hydrogen) atoms. The van der Waals surface area contributed by atoms with Crippen molar-refractivity contribution in [3.63, 3.8) is 0 Å². The molecule has 2 bridgehead atoms. The lowest BCUT2D eigenvalue weighted by Gasteiger charge is -2.22. The van der Waals surface area contributed by atoms with E-state index in [1.54, 1.807) is 18.2 Å². The minimum Gasteiger partial charge on any atom is -0.274 e. The van der Waals surface area contributed by atoms with Gasteiger partial charge in [0.15, 0.2) is 0 Å². The third-order valence-electron chi connectivity index (χ3n) is 5.82. The van der Waals surface area contributed by atoms with E-state index in [1.165, 1.54) is 10.5 Å². The molecule has 5 rings (SSSR count). The molecular formula is C21H15Cl2NO2. The van der Waals surface area contributed by atoms with Gasteiger partial charge in [-0.15, -0.1) is 0 Å². The van der Waals surface area contributed by atoms with Crippen LogP contribution < -0.4 is 4.90 Å². The number of benzene rings is 2. The van der Waals surface area contributed by atoms with E-state index in [-0.39, 0.29) is 35.5 Å². The zero-order chi connectivity index (χ0) is 18.0. The average molecular weight is 384 g/mol. The maximum Gasteiger partial charge on any atom is 0.238 e. The van der Waals surface area contributed by atoms with Crippen molar-refractivity contribution in [2.45, 2.75) is 6.42 Å². The lowest BCUT2D eigenvalue weighted by Crippen LogP contribution is -2.32. The highest BCUT2D eigenvalue weighted by atomic mass is 35.5. The molecule has 130 valence electrons. The lowest BCUT2D eigenvalue weighted by molar-refractivity contribution is -0.123. The van der Waals surface area contributed by atoms with E-state index < -0.39 is 0 Å². The summed E-state index contributed by atoms with van der Waals surface area (Å²) in [5.74, 6) is -0.593. The number of hydrogen-bond acceptors (Lipinski definition) is 2. The third kappa shape index (κ3) is 2.20. The van der Waals surface area contributed by atoms with Gasteiger partial charge >= 0.3 is 0 Å². The molecule has 5 heteroatoms. The molecule has 0 radical (unpaired) electrons. The summed E-state index contributed by atoms with van der Waals surface area (Å²) in [6, 6.07) is 15.0. The third-order valence-corrected chi connectivity index (χ3v) is 6.26. The largest absolute Gasteiger partial charge is 0.274 e. The van der Waals surface area contributed by atoms with Gasteiger partial charge in [0.25, 0.3) is 0 Å². The molecule has 2 amide bonds. The smallest absolute Gasteiger partial charge is 0.238 e. The fourth-order valence-corrected chi connectivity index (χ4v) is 5.40. The highest BCUT2D eigenvalue weighted by Gasteiger charge is 2.61. The first kappa shape index (κ1) is 16.1. The number of halogens is 2. The van der Waals surface area contributed by atoms with Gasteiger partial charge in [-0.2, -0.15) is 0 Å². The van der Waals surface area contributed by atoms with Gasteiger partial charge in [0.2, 0.25) is 11.8 Å². The first-order valence-electron chi connectivity index (χ1n) is 8.65. The van der Waals surface area contributed by atoms with Crippen molar-refractivity contribution in [2.24, 2.45) is 23.7 Å². The normalized spacial score (nSPS) is 29.3. The first-order chi connectivity index (χ1) is 12.5. The topological polar surface area (TPSA) is 37.4 Å². The van der Waals surface area contributed by atoms with Crippen LogP contribution in [0.5, 0.6) is 0 Å². The second kappa shape index (κ2) is 5.70. The average Bonchev–Trinajstić information content (AvgIpc) is 3.26. The Kier molecular flexibility index (Phi) is 3.53. The minimum atomic E-state index is -0.287. The summed E-state index contributed by atoms with van der Waals surface area (Å²) in [6.07, 6.45) is 3.07. The number of rotatable bonds is 2. The van der Waals surface area contributed by atoms with Gasteiger partial charge in [-0.1, -0.05) is 59.6 Å². The molecule has 0 spiro atoms. The van der Waals surface area contributed by atoms with Crippen LogP contribution in [0.4, 0.5) is 5.69 Å². The van der Waals surface area contributed by atoms with Crippen molar-refractivity contribution in [1.82, 2.24) is 0 Å². The molecule has 4 atom stereocenters. The Morgan fingerprint density at radius 3 is 2.23 bits per heavy atom. The van der Waals surface area contributed by atoms with Crippen LogP contribution in [0.15, 0.2) is 54.6 Å². The van der Waals surface area contributed by atoms with E-state index in [1.807, 2.05) is 18.2 Å². The second-order valence-electron chi connectivity index (χ2n) is 7.19. The Bertz CT molecular complexity index is 949. The monoisotopic (exact) mass is 383 g/mol. The molecular weight excluding hydrogens is 369 g/mol. The lowest BCUT2D eigenvalue weighted by atomic mass is 9.79. The predicted molar refractivity (Wildman–Crippen MR) is 102 cm³/mol. The van der Waals surface area contributed by atoms with Gasteiger partial charge in [-0.25, -0.2) is 4.90 Å². The van der Waals surface area contributed by atoms with Crippen LogP contribution in [0.3, 0.4) is 0 Å². The molecule has 2 aromatic rings. The Labute approximate surface area is 161 Å². The molecule has 1 heterocycles. The van der Waals surface area contributed by atoms with Crippen LogP contribution in [-0.2, 0) is 9.59 Å². The number of hydrogen-bond donors (Lipinski definition) is 0. The van der Waals surface area contributed by atoms with Crippen LogP contribution in [0.2, 0.25) is 10.0 Å². The number of carbonyl (C=O) groups is 2. The minimum absolute atomic E-state index is 0.100. The summed E-state index contributed by atoms with van der Waals surface area (Å²) in [5, 5.41) is 0.826. The van der Waals surface area contributed by atoms with Crippen LogP contribution >= 0.6 is 23.2 Å². The number of fused-ring (bicyclic) bond motifs is 5. The maximum absolute atomic E-state index is 13.2. The van der Waals surface area contributed by atoms with Crippen molar-refractivity contribution >= 4 is 46.3 Å². The SMILES string of the molecule is O=C1[C@@H]2[C@H](C(=O)N1c1cc(Cl)cc(Cl)c1)[C@H]1C[C@@H]2C=C1c1ccccc1. The standard InChI is InChI=1S/C21H15Cl2NO2/c22-13-8-14(23)10-15(9-13)24-20(25)18-12-6-16(11-4-2-1-3-5-11)17(7-12)19(18)21(24)26/h1-6,8-10,12,17-19H,7H2/t12-,17-,18-,19+/m0/s1. The molecule has 1 saturated carbocycles. The van der Waals surface area contributed by atoms with Crippen molar-refractivity contribution < 1.29 is 9.59 Å². The zero-order valence-corrected chi connectivity index (χ0v) is 15.2. The summed E-state index contributed by atoms with van der Waals surface area (Å²) in [5.41, 5.74) is 2.81. The molecule has 1 saturated heterocycles. The zero-order valence-electron chi connectivity index (χ0n) is 13.7. The quantitative estimate of drug-likeness (QED) is 0.696. The van der Waals surface area contributed by atoms with Gasteiger partial charge in [0.1, 0.15) is 0 Å².